The van der Waals surface area contributed by atoms with Crippen LogP contribution in [0.1, 0.15) is 25.3 Å². The Bertz CT molecular complexity index is 816. The van der Waals surface area contributed by atoms with Crippen LogP contribution in [0.15, 0.2) is 59.5 Å². The lowest BCUT2D eigenvalue weighted by Gasteiger charge is -2.38. The van der Waals surface area contributed by atoms with Gasteiger partial charge in [0.15, 0.2) is 0 Å². The normalized spacial score (nSPS) is 15.6. The molecular formula is C23H28N2O3S. The van der Waals surface area contributed by atoms with E-state index >= 15 is 0 Å². The van der Waals surface area contributed by atoms with Gasteiger partial charge in [0, 0.05) is 29.9 Å². The fourth-order valence-corrected chi connectivity index (χ4v) is 4.19. The first-order valence-electron chi connectivity index (χ1n) is 9.87. The van der Waals surface area contributed by atoms with Crippen LogP contribution in [0.3, 0.4) is 0 Å². The molecule has 0 radical (unpaired) electrons. The molecule has 1 N–H and O–H groups in total. The van der Waals surface area contributed by atoms with Crippen molar-refractivity contribution in [1.29, 1.82) is 0 Å². The molecule has 1 fully saturated rings. The van der Waals surface area contributed by atoms with Gasteiger partial charge in [0.25, 0.3) is 0 Å². The van der Waals surface area contributed by atoms with Gasteiger partial charge in [-0.15, -0.1) is 11.8 Å². The molecule has 0 aromatic heterocycles. The highest BCUT2D eigenvalue weighted by Gasteiger charge is 2.37. The maximum Gasteiger partial charge on any atom is 0.232 e. The fourth-order valence-electron chi connectivity index (χ4n) is 3.37. The highest BCUT2D eigenvalue weighted by molar-refractivity contribution is 8.00. The van der Waals surface area contributed by atoms with Crippen molar-refractivity contribution in [2.75, 3.05) is 26.0 Å². The Labute approximate surface area is 176 Å². The van der Waals surface area contributed by atoms with Gasteiger partial charge in [-0.05, 0) is 42.7 Å². The van der Waals surface area contributed by atoms with Crippen LogP contribution in [-0.4, -0.2) is 42.7 Å². The van der Waals surface area contributed by atoms with Crippen LogP contribution < -0.4 is 10.1 Å². The summed E-state index contributed by atoms with van der Waals surface area (Å²) >= 11 is 1.56. The number of ether oxygens (including phenoxy) is 1. The Morgan fingerprint density at radius 2 is 1.72 bits per heavy atom. The minimum atomic E-state index is -0.435. The van der Waals surface area contributed by atoms with Crippen LogP contribution in [0.4, 0.5) is 0 Å². The first-order valence-corrected chi connectivity index (χ1v) is 10.9. The van der Waals surface area contributed by atoms with E-state index in [1.165, 1.54) is 0 Å². The number of nitrogens with one attached hydrogen (secondary N) is 1. The van der Waals surface area contributed by atoms with Crippen molar-refractivity contribution in [2.45, 2.75) is 31.2 Å². The number of benzene rings is 2. The summed E-state index contributed by atoms with van der Waals surface area (Å²) in [5.74, 6) is 1.43. The largest absolute Gasteiger partial charge is 0.497 e. The summed E-state index contributed by atoms with van der Waals surface area (Å²) in [5.41, 5.74) is 0.601. The first kappa shape index (κ1) is 21.2. The van der Waals surface area contributed by atoms with Gasteiger partial charge < -0.3 is 15.0 Å². The number of carbonyl (C=O) groups is 2. The van der Waals surface area contributed by atoms with E-state index in [1.807, 2.05) is 66.4 Å². The number of likely N-dealkylation sites (tertiary alicyclic amines) is 1. The molecule has 2 aromatic carbocycles. The monoisotopic (exact) mass is 412 g/mol. The van der Waals surface area contributed by atoms with Crippen LogP contribution in [0.2, 0.25) is 0 Å². The lowest BCUT2D eigenvalue weighted by Crippen LogP contribution is -2.49. The second-order valence-electron chi connectivity index (χ2n) is 7.57. The van der Waals surface area contributed by atoms with E-state index in [-0.39, 0.29) is 11.8 Å². The predicted octanol–water partition coefficient (Wildman–Crippen LogP) is 3.73. The molecule has 1 aliphatic heterocycles. The number of carbonyl (C=O) groups excluding carboxylic acids is 2. The zero-order valence-electron chi connectivity index (χ0n) is 17.0. The molecule has 0 aliphatic carbocycles. The van der Waals surface area contributed by atoms with Gasteiger partial charge >= 0.3 is 0 Å². The number of hydrogen-bond donors (Lipinski definition) is 1. The molecule has 5 nitrogen and oxygen atoms in total. The Hall–Kier alpha value is -2.47. The van der Waals surface area contributed by atoms with Crippen molar-refractivity contribution in [3.63, 3.8) is 0 Å². The molecule has 2 aromatic rings. The van der Waals surface area contributed by atoms with Gasteiger partial charge in [-0.2, -0.15) is 0 Å². The molecule has 0 unspecified atom stereocenters. The third-order valence-corrected chi connectivity index (χ3v) is 6.48. The van der Waals surface area contributed by atoms with Gasteiger partial charge in [-0.25, -0.2) is 0 Å². The van der Waals surface area contributed by atoms with E-state index in [9.17, 15) is 9.59 Å². The van der Waals surface area contributed by atoms with E-state index in [2.05, 4.69) is 5.32 Å². The first-order chi connectivity index (χ1) is 14.0. The molecule has 154 valence electrons. The summed E-state index contributed by atoms with van der Waals surface area (Å²) in [7, 11) is 1.63. The molecule has 0 atom stereocenters. The molecule has 1 aliphatic rings. The maximum atomic E-state index is 12.8. The molecule has 29 heavy (non-hydrogen) atoms. The third-order valence-electron chi connectivity index (χ3n) is 5.49. The maximum absolute atomic E-state index is 12.8. The highest BCUT2D eigenvalue weighted by atomic mass is 32.2. The molecular weight excluding hydrogens is 384 g/mol. The van der Waals surface area contributed by atoms with Gasteiger partial charge in [-0.3, -0.25) is 9.59 Å². The van der Waals surface area contributed by atoms with E-state index in [1.54, 1.807) is 18.9 Å². The summed E-state index contributed by atoms with van der Waals surface area (Å²) in [6, 6.07) is 17.6. The number of rotatable bonds is 7. The lowest BCUT2D eigenvalue weighted by atomic mass is 9.79. The Morgan fingerprint density at radius 3 is 2.34 bits per heavy atom. The molecule has 6 heteroatoms. The summed E-state index contributed by atoms with van der Waals surface area (Å²) in [6.45, 7) is 3.74. The van der Waals surface area contributed by atoms with Crippen LogP contribution in [0, 0.1) is 5.41 Å². The Balaban J connectivity index is 1.44. The van der Waals surface area contributed by atoms with Gasteiger partial charge in [-0.1, -0.05) is 37.3 Å². The van der Waals surface area contributed by atoms with E-state index in [4.69, 9.17) is 4.74 Å². The topological polar surface area (TPSA) is 58.6 Å². The number of nitrogens with zero attached hydrogens (tertiary/aromatic N) is 1. The van der Waals surface area contributed by atoms with Crippen molar-refractivity contribution < 1.29 is 14.3 Å². The van der Waals surface area contributed by atoms with Crippen LogP contribution in [0.25, 0.3) is 0 Å². The highest BCUT2D eigenvalue weighted by Crippen LogP contribution is 2.32. The van der Waals surface area contributed by atoms with Crippen LogP contribution in [-0.2, 0) is 16.1 Å². The van der Waals surface area contributed by atoms with Gasteiger partial charge in [0.1, 0.15) is 5.75 Å². The minimum Gasteiger partial charge on any atom is -0.497 e. The molecule has 2 amide bonds. The molecule has 0 bridgehead atoms. The smallest absolute Gasteiger partial charge is 0.232 e. The molecule has 0 spiro atoms. The second-order valence-corrected chi connectivity index (χ2v) is 8.62. The summed E-state index contributed by atoms with van der Waals surface area (Å²) < 4.78 is 5.16. The number of hydrogen-bond acceptors (Lipinski definition) is 4. The SMILES string of the molecule is COc1ccc(CNC(=O)C2(C)CCN(C(=O)CSc3ccccc3)CC2)cc1. The molecule has 1 saturated heterocycles. The number of amides is 2. The van der Waals surface area contributed by atoms with Gasteiger partial charge in [0.05, 0.1) is 12.9 Å². The average molecular weight is 413 g/mol. The van der Waals surface area contributed by atoms with Crippen molar-refractivity contribution in [2.24, 2.45) is 5.41 Å². The zero-order valence-corrected chi connectivity index (χ0v) is 17.8. The van der Waals surface area contributed by atoms with E-state index in [0.29, 0.717) is 38.2 Å². The number of thioether (sulfide) groups is 1. The summed E-state index contributed by atoms with van der Waals surface area (Å²) in [6.07, 6.45) is 1.37. The van der Waals surface area contributed by atoms with Crippen LogP contribution >= 0.6 is 11.8 Å². The summed E-state index contributed by atoms with van der Waals surface area (Å²) in [5, 5.41) is 3.05. The summed E-state index contributed by atoms with van der Waals surface area (Å²) in [4.78, 5) is 28.3. The average Bonchev–Trinajstić information content (AvgIpc) is 2.77. The molecule has 0 saturated carbocycles. The number of piperidine rings is 1. The zero-order chi connectivity index (χ0) is 20.7. The standard InChI is InChI=1S/C23H28N2O3S/c1-23(22(27)24-16-18-8-10-19(28-2)11-9-18)12-14-25(15-13-23)21(26)17-29-20-6-4-3-5-7-20/h3-11H,12-17H2,1-2H3,(H,24,27). The predicted molar refractivity (Wildman–Crippen MR) is 116 cm³/mol. The molecule has 3 rings (SSSR count). The molecule has 1 heterocycles. The van der Waals surface area contributed by atoms with Crippen molar-refractivity contribution in [3.05, 3.63) is 60.2 Å². The van der Waals surface area contributed by atoms with E-state index in [0.717, 1.165) is 16.2 Å². The minimum absolute atomic E-state index is 0.0547. The van der Waals surface area contributed by atoms with Gasteiger partial charge in [0.2, 0.25) is 11.8 Å². The Kier molecular flexibility index (Phi) is 7.20. The van der Waals surface area contributed by atoms with Crippen molar-refractivity contribution in [1.82, 2.24) is 10.2 Å². The fraction of sp³-hybridized carbons (Fsp3) is 0.391. The van der Waals surface area contributed by atoms with Crippen LogP contribution in [0.5, 0.6) is 5.75 Å². The second kappa shape index (κ2) is 9.83. The Morgan fingerprint density at radius 1 is 1.07 bits per heavy atom. The number of methoxy groups -OCH3 is 1. The quantitative estimate of drug-likeness (QED) is 0.704. The third kappa shape index (κ3) is 5.76. The lowest BCUT2D eigenvalue weighted by molar-refractivity contribution is -0.138. The van der Waals surface area contributed by atoms with Crippen molar-refractivity contribution >= 4 is 23.6 Å². The van der Waals surface area contributed by atoms with E-state index < -0.39 is 5.41 Å². The van der Waals surface area contributed by atoms with Crippen molar-refractivity contribution in [3.8, 4) is 5.75 Å².